The number of rotatable bonds is 2. The van der Waals surface area contributed by atoms with E-state index in [-0.39, 0.29) is 0 Å². The second-order valence-corrected chi connectivity index (χ2v) is 12.2. The lowest BCUT2D eigenvalue weighted by Gasteiger charge is -2.13. The molecule has 0 unspecified atom stereocenters. The Morgan fingerprint density at radius 3 is 1.58 bits per heavy atom. The summed E-state index contributed by atoms with van der Waals surface area (Å²) in [5, 5.41) is 35.6. The van der Waals surface area contributed by atoms with Gasteiger partial charge in [-0.3, -0.25) is 0 Å². The van der Waals surface area contributed by atoms with Crippen LogP contribution in [0.4, 0.5) is 0 Å². The molecule has 0 aliphatic carbocycles. The molecule has 0 atom stereocenters. The van der Waals surface area contributed by atoms with Crippen LogP contribution >= 0.6 is 11.3 Å². The van der Waals surface area contributed by atoms with Gasteiger partial charge >= 0.3 is 0 Å². The van der Waals surface area contributed by atoms with E-state index in [4.69, 9.17) is 0 Å². The zero-order chi connectivity index (χ0) is 30.2. The van der Waals surface area contributed by atoms with Gasteiger partial charge in [0, 0.05) is 53.1 Å². The second kappa shape index (κ2) is 9.30. The van der Waals surface area contributed by atoms with Crippen LogP contribution in [0.15, 0.2) is 115 Å². The molecule has 6 aromatic carbocycles. The number of fused-ring (bicyclic) bond motifs is 10. The molecule has 0 aliphatic heterocycles. The third-order valence-corrected chi connectivity index (χ3v) is 9.90. The maximum Gasteiger partial charge on any atom is 0.0991 e. The third-order valence-electron chi connectivity index (χ3n) is 8.77. The van der Waals surface area contributed by atoms with E-state index in [1.807, 2.05) is 54.6 Å². The average molecular weight is 590 g/mol. The smallest absolute Gasteiger partial charge is 0.0991 e. The minimum absolute atomic E-state index is 0.576. The Hall–Kier alpha value is -6.39. The first-order valence-corrected chi connectivity index (χ1v) is 15.3. The first-order chi connectivity index (χ1) is 22.2. The number of nitriles is 3. The highest BCUT2D eigenvalue weighted by Gasteiger charge is 2.19. The van der Waals surface area contributed by atoms with Crippen LogP contribution in [0.25, 0.3) is 75.2 Å². The van der Waals surface area contributed by atoms with E-state index in [2.05, 4.69) is 88.0 Å². The minimum Gasteiger partial charge on any atom is -0.309 e. The van der Waals surface area contributed by atoms with E-state index >= 15 is 0 Å². The summed E-state index contributed by atoms with van der Waals surface area (Å²) >= 11 is 1.79. The predicted molar refractivity (Wildman–Crippen MR) is 182 cm³/mol. The highest BCUT2D eigenvalue weighted by atomic mass is 32.1. The van der Waals surface area contributed by atoms with Crippen molar-refractivity contribution in [2.45, 2.75) is 0 Å². The number of aromatic nitrogens is 2. The normalized spacial score (nSPS) is 11.5. The molecule has 0 radical (unpaired) electrons. The van der Waals surface area contributed by atoms with E-state index < -0.39 is 0 Å². The van der Waals surface area contributed by atoms with E-state index in [1.54, 1.807) is 11.3 Å². The van der Waals surface area contributed by atoms with E-state index in [1.165, 1.54) is 20.2 Å². The maximum absolute atomic E-state index is 9.83. The fourth-order valence-corrected chi connectivity index (χ4v) is 8.00. The Morgan fingerprint density at radius 1 is 0.422 bits per heavy atom. The van der Waals surface area contributed by atoms with Gasteiger partial charge in [0.2, 0.25) is 0 Å². The lowest BCUT2D eigenvalue weighted by atomic mass is 10.0. The summed E-state index contributed by atoms with van der Waals surface area (Å²) in [6, 6.07) is 45.6. The summed E-state index contributed by atoms with van der Waals surface area (Å²) in [5.74, 6) is 0. The predicted octanol–water partition coefficient (Wildman–Crippen LogP) is 9.86. The zero-order valence-corrected chi connectivity index (χ0v) is 24.4. The molecule has 0 bridgehead atoms. The Labute approximate surface area is 260 Å². The summed E-state index contributed by atoms with van der Waals surface area (Å²) in [5.41, 5.74) is 7.77. The highest BCUT2D eigenvalue weighted by Crippen LogP contribution is 2.44. The lowest BCUT2D eigenvalue weighted by Crippen LogP contribution is -1.98. The van der Waals surface area contributed by atoms with Gasteiger partial charge in [0.1, 0.15) is 0 Å². The van der Waals surface area contributed by atoms with Crippen LogP contribution in [0, 0.1) is 34.0 Å². The van der Waals surface area contributed by atoms with Crippen molar-refractivity contribution >= 4 is 75.1 Å². The molecular formula is C39H19N5S. The second-order valence-electron chi connectivity index (χ2n) is 11.2. The molecule has 0 saturated carbocycles. The number of thiophene rings is 1. The van der Waals surface area contributed by atoms with Gasteiger partial charge in [-0.1, -0.05) is 24.3 Å². The molecular weight excluding hydrogens is 571 g/mol. The van der Waals surface area contributed by atoms with Crippen molar-refractivity contribution in [3.05, 3.63) is 132 Å². The molecule has 3 heterocycles. The van der Waals surface area contributed by atoms with Crippen molar-refractivity contribution in [3.8, 4) is 29.6 Å². The van der Waals surface area contributed by atoms with Gasteiger partial charge < -0.3 is 9.13 Å². The highest BCUT2D eigenvalue weighted by molar-refractivity contribution is 7.26. The van der Waals surface area contributed by atoms with Gasteiger partial charge in [0.25, 0.3) is 0 Å². The van der Waals surface area contributed by atoms with Crippen molar-refractivity contribution < 1.29 is 0 Å². The molecule has 206 valence electrons. The van der Waals surface area contributed by atoms with Crippen LogP contribution in [0.5, 0.6) is 0 Å². The summed E-state index contributed by atoms with van der Waals surface area (Å²) < 4.78 is 6.95. The van der Waals surface area contributed by atoms with Crippen LogP contribution in [-0.2, 0) is 0 Å². The van der Waals surface area contributed by atoms with E-state index in [9.17, 15) is 15.8 Å². The molecule has 3 aromatic heterocycles. The first-order valence-electron chi connectivity index (χ1n) is 14.4. The molecule has 5 nitrogen and oxygen atoms in total. The van der Waals surface area contributed by atoms with Crippen molar-refractivity contribution in [3.63, 3.8) is 0 Å². The van der Waals surface area contributed by atoms with Gasteiger partial charge in [-0.25, -0.2) is 0 Å². The lowest BCUT2D eigenvalue weighted by molar-refractivity contribution is 1.13. The summed E-state index contributed by atoms with van der Waals surface area (Å²) in [6.45, 7) is 0. The summed E-state index contributed by atoms with van der Waals surface area (Å²) in [7, 11) is 0. The number of benzene rings is 6. The molecule has 45 heavy (non-hydrogen) atoms. The van der Waals surface area contributed by atoms with Crippen LogP contribution in [0.2, 0.25) is 0 Å². The van der Waals surface area contributed by atoms with Crippen molar-refractivity contribution in [2.75, 3.05) is 0 Å². The number of hydrogen-bond acceptors (Lipinski definition) is 4. The minimum atomic E-state index is 0.576. The molecule has 0 aliphatic rings. The van der Waals surface area contributed by atoms with Gasteiger partial charge in [-0.2, -0.15) is 15.8 Å². The van der Waals surface area contributed by atoms with Crippen LogP contribution in [0.1, 0.15) is 16.7 Å². The third kappa shape index (κ3) is 3.51. The topological polar surface area (TPSA) is 81.2 Å². The van der Waals surface area contributed by atoms with E-state index in [0.717, 1.165) is 55.0 Å². The van der Waals surface area contributed by atoms with Gasteiger partial charge in [0.05, 0.1) is 57.0 Å². The summed E-state index contributed by atoms with van der Waals surface area (Å²) in [6.07, 6.45) is 0. The van der Waals surface area contributed by atoms with Crippen molar-refractivity contribution in [2.24, 2.45) is 0 Å². The first kappa shape index (κ1) is 25.1. The molecule has 9 rings (SSSR count). The zero-order valence-electron chi connectivity index (χ0n) is 23.6. The summed E-state index contributed by atoms with van der Waals surface area (Å²) in [4.78, 5) is 0. The number of nitrogens with zero attached hydrogens (tertiary/aromatic N) is 5. The Balaban J connectivity index is 1.37. The van der Waals surface area contributed by atoms with Crippen LogP contribution in [-0.4, -0.2) is 9.13 Å². The molecule has 0 N–H and O–H groups in total. The van der Waals surface area contributed by atoms with Gasteiger partial charge in [-0.05, 0) is 91.0 Å². The van der Waals surface area contributed by atoms with Crippen LogP contribution < -0.4 is 0 Å². The molecule has 0 spiro atoms. The maximum atomic E-state index is 9.83. The Morgan fingerprint density at radius 2 is 0.956 bits per heavy atom. The molecule has 6 heteroatoms. The quantitative estimate of drug-likeness (QED) is 0.201. The largest absolute Gasteiger partial charge is 0.309 e. The van der Waals surface area contributed by atoms with Crippen LogP contribution in [0.3, 0.4) is 0 Å². The average Bonchev–Trinajstić information content (AvgIpc) is 3.74. The van der Waals surface area contributed by atoms with Crippen molar-refractivity contribution in [1.29, 1.82) is 15.8 Å². The van der Waals surface area contributed by atoms with Gasteiger partial charge in [0.15, 0.2) is 0 Å². The molecule has 0 amide bonds. The number of hydrogen-bond donors (Lipinski definition) is 0. The fourth-order valence-electron chi connectivity index (χ4n) is 6.89. The fraction of sp³-hybridized carbons (Fsp3) is 0. The van der Waals surface area contributed by atoms with Gasteiger partial charge in [-0.15, -0.1) is 11.3 Å². The Bertz CT molecular complexity index is 2790. The SMILES string of the molecule is N#Cc1ccc2c(c1)c1cc(C#N)ccc1n2-c1cccc(-n2c3ccc(C#N)cc3c3c4c(ccc32)sc2ccccc24)c1. The Kier molecular flexibility index (Phi) is 5.20. The van der Waals surface area contributed by atoms with Crippen molar-refractivity contribution in [1.82, 2.24) is 9.13 Å². The standard InChI is InChI=1S/C39H19N5S/c40-20-23-8-11-32-29(16-23)30-17-24(21-41)9-12-33(30)43(32)26-4-3-5-27(19-26)44-34-13-10-25(22-42)18-31(34)38-35(44)14-15-37-39(38)28-6-1-2-7-36(28)45-37/h1-19H. The van der Waals surface area contributed by atoms with E-state index in [0.29, 0.717) is 16.7 Å². The molecule has 9 aromatic rings. The monoisotopic (exact) mass is 589 g/mol. The molecule has 0 fully saturated rings. The molecule has 0 saturated heterocycles.